The van der Waals surface area contributed by atoms with Gasteiger partial charge < -0.3 is 9.64 Å². The van der Waals surface area contributed by atoms with Gasteiger partial charge >= 0.3 is 5.97 Å². The summed E-state index contributed by atoms with van der Waals surface area (Å²) in [6.45, 7) is 8.86. The smallest absolute Gasteiger partial charge is 0.338 e. The Labute approximate surface area is 155 Å². The topological polar surface area (TPSA) is 60.2 Å². The van der Waals surface area contributed by atoms with Crippen LogP contribution in [0, 0.1) is 6.92 Å². The molecule has 1 saturated heterocycles. The fourth-order valence-electron chi connectivity index (χ4n) is 3.73. The summed E-state index contributed by atoms with van der Waals surface area (Å²) in [5.41, 5.74) is 3.75. The van der Waals surface area contributed by atoms with E-state index >= 15 is 0 Å². The minimum absolute atomic E-state index is 0.325. The van der Waals surface area contributed by atoms with E-state index in [0.717, 1.165) is 37.1 Å². The fourth-order valence-corrected chi connectivity index (χ4v) is 3.73. The summed E-state index contributed by atoms with van der Waals surface area (Å²) in [6.07, 6.45) is 8.17. The van der Waals surface area contributed by atoms with E-state index in [1.807, 2.05) is 6.20 Å². The summed E-state index contributed by atoms with van der Waals surface area (Å²) in [4.78, 5) is 18.7. The van der Waals surface area contributed by atoms with Crippen LogP contribution in [-0.2, 0) is 11.2 Å². The van der Waals surface area contributed by atoms with Crippen LogP contribution in [0.5, 0.6) is 0 Å². The highest BCUT2D eigenvalue weighted by atomic mass is 16.5. The number of esters is 1. The minimum Gasteiger partial charge on any atom is -0.465 e. The van der Waals surface area contributed by atoms with E-state index in [9.17, 15) is 4.79 Å². The van der Waals surface area contributed by atoms with Crippen molar-refractivity contribution in [1.29, 1.82) is 0 Å². The Balaban J connectivity index is 1.76. The zero-order chi connectivity index (χ0) is 18.7. The second-order valence-electron chi connectivity index (χ2n) is 7.26. The molecule has 0 unspecified atom stereocenters. The Morgan fingerprint density at radius 2 is 2.00 bits per heavy atom. The van der Waals surface area contributed by atoms with Crippen molar-refractivity contribution in [3.63, 3.8) is 0 Å². The normalized spacial score (nSPS) is 16.2. The molecule has 0 atom stereocenters. The molecule has 6 heteroatoms. The van der Waals surface area contributed by atoms with Gasteiger partial charge in [-0.05, 0) is 50.8 Å². The number of ether oxygens (including phenoxy) is 1. The monoisotopic (exact) mass is 356 g/mol. The lowest BCUT2D eigenvalue weighted by Gasteiger charge is -2.35. The van der Waals surface area contributed by atoms with E-state index in [0.29, 0.717) is 24.1 Å². The molecular weight excluding hydrogens is 328 g/mol. The van der Waals surface area contributed by atoms with E-state index in [4.69, 9.17) is 4.74 Å². The standard InChI is InChI=1S/C20H28N4O2/c1-14(2)23-9-6-18(7-10-23)24-15(3)16(13-22-24)11-17-12-21-8-5-19(17)20(25)26-4/h5,8,12-14,18H,6-7,9-11H2,1-4H3. The van der Waals surface area contributed by atoms with Crippen LogP contribution in [-0.4, -0.2) is 51.9 Å². The second-order valence-corrected chi connectivity index (χ2v) is 7.26. The molecule has 0 aliphatic carbocycles. The molecule has 0 N–H and O–H groups in total. The molecule has 0 spiro atoms. The maximum atomic E-state index is 12.0. The number of likely N-dealkylation sites (tertiary alicyclic amines) is 1. The lowest BCUT2D eigenvalue weighted by molar-refractivity contribution is 0.0599. The molecule has 0 amide bonds. The van der Waals surface area contributed by atoms with Gasteiger partial charge in [-0.25, -0.2) is 4.79 Å². The number of pyridine rings is 1. The van der Waals surface area contributed by atoms with E-state index in [1.165, 1.54) is 12.8 Å². The van der Waals surface area contributed by atoms with Crippen molar-refractivity contribution < 1.29 is 9.53 Å². The first-order valence-corrected chi connectivity index (χ1v) is 9.29. The summed E-state index contributed by atoms with van der Waals surface area (Å²) < 4.78 is 7.05. The van der Waals surface area contributed by atoms with Crippen LogP contribution in [0.15, 0.2) is 24.7 Å². The molecular formula is C20H28N4O2. The van der Waals surface area contributed by atoms with Gasteiger partial charge in [0.15, 0.2) is 0 Å². The molecule has 0 radical (unpaired) electrons. The van der Waals surface area contributed by atoms with Crippen molar-refractivity contribution in [1.82, 2.24) is 19.7 Å². The quantitative estimate of drug-likeness (QED) is 0.771. The third-order valence-electron chi connectivity index (χ3n) is 5.41. The van der Waals surface area contributed by atoms with Gasteiger partial charge in [0.05, 0.1) is 24.9 Å². The highest BCUT2D eigenvalue weighted by molar-refractivity contribution is 5.90. The molecule has 2 aromatic heterocycles. The molecule has 0 saturated carbocycles. The number of hydrogen-bond acceptors (Lipinski definition) is 5. The van der Waals surface area contributed by atoms with Crippen molar-refractivity contribution in [2.24, 2.45) is 0 Å². The number of piperidine rings is 1. The number of aromatic nitrogens is 3. The van der Waals surface area contributed by atoms with Crippen LogP contribution >= 0.6 is 0 Å². The maximum Gasteiger partial charge on any atom is 0.338 e. The Morgan fingerprint density at radius 3 is 2.65 bits per heavy atom. The molecule has 1 fully saturated rings. The Hall–Kier alpha value is -2.21. The van der Waals surface area contributed by atoms with Crippen LogP contribution < -0.4 is 0 Å². The average molecular weight is 356 g/mol. The summed E-state index contributed by atoms with van der Waals surface area (Å²) >= 11 is 0. The van der Waals surface area contributed by atoms with Crippen molar-refractivity contribution in [3.05, 3.63) is 47.0 Å². The van der Waals surface area contributed by atoms with Gasteiger partial charge in [-0.2, -0.15) is 5.10 Å². The van der Waals surface area contributed by atoms with Gasteiger partial charge in [-0.3, -0.25) is 9.67 Å². The first-order valence-electron chi connectivity index (χ1n) is 9.29. The molecule has 140 valence electrons. The number of carbonyl (C=O) groups excluding carboxylic acids is 1. The van der Waals surface area contributed by atoms with Crippen LogP contribution in [0.4, 0.5) is 0 Å². The third kappa shape index (κ3) is 3.80. The van der Waals surface area contributed by atoms with Gasteiger partial charge in [0.1, 0.15) is 0 Å². The first kappa shape index (κ1) is 18.6. The lowest BCUT2D eigenvalue weighted by Crippen LogP contribution is -2.39. The number of rotatable bonds is 5. The van der Waals surface area contributed by atoms with Gasteiger partial charge in [0.2, 0.25) is 0 Å². The van der Waals surface area contributed by atoms with Gasteiger partial charge in [-0.15, -0.1) is 0 Å². The third-order valence-corrected chi connectivity index (χ3v) is 5.41. The van der Waals surface area contributed by atoms with E-state index in [2.05, 4.69) is 40.4 Å². The van der Waals surface area contributed by atoms with Gasteiger partial charge in [0.25, 0.3) is 0 Å². The fraction of sp³-hybridized carbons (Fsp3) is 0.550. The molecule has 3 rings (SSSR count). The van der Waals surface area contributed by atoms with Crippen molar-refractivity contribution in [2.45, 2.75) is 52.1 Å². The Kier molecular flexibility index (Phi) is 5.71. The highest BCUT2D eigenvalue weighted by Gasteiger charge is 2.24. The highest BCUT2D eigenvalue weighted by Crippen LogP contribution is 2.26. The molecule has 3 heterocycles. The lowest BCUT2D eigenvalue weighted by atomic mass is 10.0. The zero-order valence-electron chi connectivity index (χ0n) is 16.1. The summed E-state index contributed by atoms with van der Waals surface area (Å²) in [7, 11) is 1.40. The van der Waals surface area contributed by atoms with Crippen molar-refractivity contribution in [2.75, 3.05) is 20.2 Å². The largest absolute Gasteiger partial charge is 0.465 e. The molecule has 26 heavy (non-hydrogen) atoms. The number of methoxy groups -OCH3 is 1. The Bertz CT molecular complexity index is 761. The molecule has 2 aromatic rings. The Morgan fingerprint density at radius 1 is 1.27 bits per heavy atom. The van der Waals surface area contributed by atoms with Gasteiger partial charge in [-0.1, -0.05) is 0 Å². The average Bonchev–Trinajstić information content (AvgIpc) is 3.02. The SMILES string of the molecule is COC(=O)c1ccncc1Cc1cnn(C2CCN(C(C)C)CC2)c1C. The predicted molar refractivity (Wildman–Crippen MR) is 100 cm³/mol. The van der Waals surface area contributed by atoms with E-state index in [1.54, 1.807) is 18.5 Å². The predicted octanol–water partition coefficient (Wildman–Crippen LogP) is 3.01. The maximum absolute atomic E-state index is 12.0. The van der Waals surface area contributed by atoms with Crippen LogP contribution in [0.25, 0.3) is 0 Å². The second kappa shape index (κ2) is 7.99. The first-order chi connectivity index (χ1) is 12.5. The number of nitrogens with zero attached hydrogens (tertiary/aromatic N) is 4. The summed E-state index contributed by atoms with van der Waals surface area (Å²) in [6, 6.07) is 2.77. The van der Waals surface area contributed by atoms with Crippen molar-refractivity contribution >= 4 is 5.97 Å². The molecule has 0 aromatic carbocycles. The van der Waals surface area contributed by atoms with Crippen LogP contribution in [0.1, 0.15) is 59.9 Å². The van der Waals surface area contributed by atoms with Crippen LogP contribution in [0.3, 0.4) is 0 Å². The summed E-state index contributed by atoms with van der Waals surface area (Å²) in [5.74, 6) is -0.325. The van der Waals surface area contributed by atoms with E-state index < -0.39 is 0 Å². The molecule has 1 aliphatic heterocycles. The number of hydrogen-bond donors (Lipinski definition) is 0. The molecule has 1 aliphatic rings. The molecule has 0 bridgehead atoms. The summed E-state index contributed by atoms with van der Waals surface area (Å²) in [5, 5.41) is 4.66. The minimum atomic E-state index is -0.325. The van der Waals surface area contributed by atoms with Crippen molar-refractivity contribution in [3.8, 4) is 0 Å². The molecule has 6 nitrogen and oxygen atoms in total. The van der Waals surface area contributed by atoms with Gasteiger partial charge in [0, 0.05) is 43.6 Å². The van der Waals surface area contributed by atoms with E-state index in [-0.39, 0.29) is 5.97 Å². The number of carbonyl (C=O) groups is 1. The van der Waals surface area contributed by atoms with Crippen LogP contribution in [0.2, 0.25) is 0 Å². The zero-order valence-corrected chi connectivity index (χ0v) is 16.1.